The highest BCUT2D eigenvalue weighted by atomic mass is 19.4. The Hall–Kier alpha value is -2.18. The third kappa shape index (κ3) is 3.48. The third-order valence-electron chi connectivity index (χ3n) is 2.76. The summed E-state index contributed by atoms with van der Waals surface area (Å²) in [4.78, 5) is 0. The van der Waals surface area contributed by atoms with E-state index in [-0.39, 0.29) is 17.8 Å². The average Bonchev–Trinajstić information content (AvgIpc) is 2.41. The first-order valence-electron chi connectivity index (χ1n) is 5.82. The van der Waals surface area contributed by atoms with Gasteiger partial charge >= 0.3 is 6.18 Å². The number of hydrogen-bond acceptors (Lipinski definition) is 1. The van der Waals surface area contributed by atoms with Crippen LogP contribution in [0.5, 0.6) is 0 Å². The molecule has 21 heavy (non-hydrogen) atoms. The molecule has 0 heterocycles. The van der Waals surface area contributed by atoms with Crippen LogP contribution in [0.15, 0.2) is 36.4 Å². The number of hydrogen-bond donors (Lipinski definition) is 1. The Morgan fingerprint density at radius 2 is 1.48 bits per heavy atom. The molecule has 0 atom stereocenters. The van der Waals surface area contributed by atoms with Gasteiger partial charge in [-0.25, -0.2) is 13.2 Å². The smallest absolute Gasteiger partial charge is 0.380 e. The zero-order valence-corrected chi connectivity index (χ0v) is 10.4. The molecule has 0 aliphatic rings. The molecule has 0 unspecified atom stereocenters. The van der Waals surface area contributed by atoms with Gasteiger partial charge in [0.2, 0.25) is 0 Å². The number of para-hydroxylation sites is 1. The SMILES string of the molecule is Fc1cc(CNc2ccccc2C(F)(F)F)cc(F)c1F. The summed E-state index contributed by atoms with van der Waals surface area (Å²) in [5.74, 6) is -4.40. The first-order chi connectivity index (χ1) is 9.79. The first kappa shape index (κ1) is 15.2. The van der Waals surface area contributed by atoms with Crippen LogP contribution in [0, 0.1) is 17.5 Å². The van der Waals surface area contributed by atoms with Crippen LogP contribution in [-0.4, -0.2) is 0 Å². The Bertz CT molecular complexity index is 627. The van der Waals surface area contributed by atoms with E-state index in [0.29, 0.717) is 0 Å². The van der Waals surface area contributed by atoms with Gasteiger partial charge in [0.25, 0.3) is 0 Å². The summed E-state index contributed by atoms with van der Waals surface area (Å²) in [6.07, 6.45) is -4.55. The first-order valence-corrected chi connectivity index (χ1v) is 5.82. The monoisotopic (exact) mass is 305 g/mol. The lowest BCUT2D eigenvalue weighted by molar-refractivity contribution is -0.137. The van der Waals surface area contributed by atoms with Crippen molar-refractivity contribution < 1.29 is 26.3 Å². The molecule has 0 radical (unpaired) electrons. The van der Waals surface area contributed by atoms with Crippen LogP contribution in [-0.2, 0) is 12.7 Å². The van der Waals surface area contributed by atoms with Crippen molar-refractivity contribution in [3.8, 4) is 0 Å². The Balaban J connectivity index is 2.21. The normalized spacial score (nSPS) is 11.5. The van der Waals surface area contributed by atoms with Crippen molar-refractivity contribution >= 4 is 5.69 Å². The van der Waals surface area contributed by atoms with Gasteiger partial charge in [0.1, 0.15) is 0 Å². The van der Waals surface area contributed by atoms with Crippen molar-refractivity contribution in [3.63, 3.8) is 0 Å². The fourth-order valence-electron chi connectivity index (χ4n) is 1.79. The molecule has 2 aromatic carbocycles. The van der Waals surface area contributed by atoms with Gasteiger partial charge in [-0.05, 0) is 29.8 Å². The molecule has 0 aliphatic heterocycles. The van der Waals surface area contributed by atoms with Gasteiger partial charge in [0, 0.05) is 12.2 Å². The predicted octanol–water partition coefficient (Wildman–Crippen LogP) is 4.73. The average molecular weight is 305 g/mol. The minimum atomic E-state index is -4.55. The van der Waals surface area contributed by atoms with Crippen molar-refractivity contribution in [1.29, 1.82) is 0 Å². The van der Waals surface area contributed by atoms with Gasteiger partial charge in [0.15, 0.2) is 17.5 Å². The van der Waals surface area contributed by atoms with Crippen molar-refractivity contribution in [2.75, 3.05) is 5.32 Å². The molecule has 0 fully saturated rings. The molecule has 0 saturated heterocycles. The molecule has 0 aliphatic carbocycles. The minimum absolute atomic E-state index is 0.0108. The van der Waals surface area contributed by atoms with Crippen LogP contribution in [0.2, 0.25) is 0 Å². The number of benzene rings is 2. The van der Waals surface area contributed by atoms with E-state index in [1.54, 1.807) is 0 Å². The van der Waals surface area contributed by atoms with E-state index < -0.39 is 29.2 Å². The summed E-state index contributed by atoms with van der Waals surface area (Å²) >= 11 is 0. The number of halogens is 6. The van der Waals surface area contributed by atoms with Crippen molar-refractivity contribution in [2.45, 2.75) is 12.7 Å². The Kier molecular flexibility index (Phi) is 4.11. The van der Waals surface area contributed by atoms with Crippen LogP contribution < -0.4 is 5.32 Å². The van der Waals surface area contributed by atoms with Gasteiger partial charge in [-0.1, -0.05) is 12.1 Å². The van der Waals surface area contributed by atoms with E-state index in [1.165, 1.54) is 18.2 Å². The van der Waals surface area contributed by atoms with E-state index in [0.717, 1.165) is 18.2 Å². The largest absolute Gasteiger partial charge is 0.418 e. The Morgan fingerprint density at radius 3 is 2.05 bits per heavy atom. The van der Waals surface area contributed by atoms with Gasteiger partial charge < -0.3 is 5.32 Å². The maximum Gasteiger partial charge on any atom is 0.418 e. The number of rotatable bonds is 3. The second kappa shape index (κ2) is 5.67. The zero-order chi connectivity index (χ0) is 15.6. The summed E-state index contributed by atoms with van der Waals surface area (Å²) in [5.41, 5.74) is -1.13. The van der Waals surface area contributed by atoms with Crippen LogP contribution in [0.1, 0.15) is 11.1 Å². The molecule has 2 aromatic rings. The summed E-state index contributed by atoms with van der Waals surface area (Å²) in [5, 5.41) is 2.43. The maximum absolute atomic E-state index is 13.0. The lowest BCUT2D eigenvalue weighted by Crippen LogP contribution is -2.11. The van der Waals surface area contributed by atoms with Crippen molar-refractivity contribution in [3.05, 3.63) is 65.0 Å². The summed E-state index contributed by atoms with van der Waals surface area (Å²) in [6.45, 7) is -0.277. The highest BCUT2D eigenvalue weighted by Crippen LogP contribution is 2.34. The number of nitrogens with one attached hydrogen (secondary N) is 1. The Morgan fingerprint density at radius 1 is 0.905 bits per heavy atom. The van der Waals surface area contributed by atoms with E-state index in [2.05, 4.69) is 5.32 Å². The van der Waals surface area contributed by atoms with E-state index in [1.807, 2.05) is 0 Å². The minimum Gasteiger partial charge on any atom is -0.380 e. The molecule has 2 rings (SSSR count). The molecule has 112 valence electrons. The molecule has 1 N–H and O–H groups in total. The second-order valence-electron chi connectivity index (χ2n) is 4.27. The van der Waals surface area contributed by atoms with Crippen LogP contribution >= 0.6 is 0 Å². The summed E-state index contributed by atoms with van der Waals surface area (Å²) < 4.78 is 77.0. The summed E-state index contributed by atoms with van der Waals surface area (Å²) in [6, 6.07) is 6.14. The number of anilines is 1. The van der Waals surface area contributed by atoms with E-state index >= 15 is 0 Å². The molecule has 7 heteroatoms. The molecule has 0 saturated carbocycles. The lowest BCUT2D eigenvalue weighted by atomic mass is 10.1. The number of alkyl halides is 3. The van der Waals surface area contributed by atoms with Crippen LogP contribution in [0.25, 0.3) is 0 Å². The molecular weight excluding hydrogens is 296 g/mol. The van der Waals surface area contributed by atoms with Gasteiger partial charge in [-0.15, -0.1) is 0 Å². The fraction of sp³-hybridized carbons (Fsp3) is 0.143. The molecule has 0 amide bonds. The predicted molar refractivity (Wildman–Crippen MR) is 65.1 cm³/mol. The Labute approximate surface area is 116 Å². The van der Waals surface area contributed by atoms with E-state index in [4.69, 9.17) is 0 Å². The quantitative estimate of drug-likeness (QED) is 0.638. The summed E-state index contributed by atoms with van der Waals surface area (Å²) in [7, 11) is 0. The van der Waals surface area contributed by atoms with Crippen LogP contribution in [0.3, 0.4) is 0 Å². The van der Waals surface area contributed by atoms with Gasteiger partial charge in [-0.3, -0.25) is 0 Å². The van der Waals surface area contributed by atoms with Crippen molar-refractivity contribution in [2.24, 2.45) is 0 Å². The molecule has 0 spiro atoms. The van der Waals surface area contributed by atoms with Gasteiger partial charge in [0.05, 0.1) is 5.56 Å². The van der Waals surface area contributed by atoms with Crippen molar-refractivity contribution in [1.82, 2.24) is 0 Å². The highest BCUT2D eigenvalue weighted by molar-refractivity contribution is 5.52. The standard InChI is InChI=1S/C14H9F6N/c15-10-5-8(6-11(16)13(10)17)7-21-12-4-2-1-3-9(12)14(18,19)20/h1-6,21H,7H2. The maximum atomic E-state index is 13.0. The van der Waals surface area contributed by atoms with Gasteiger partial charge in [-0.2, -0.15) is 13.2 Å². The molecular formula is C14H9F6N. The lowest BCUT2D eigenvalue weighted by Gasteiger charge is -2.14. The zero-order valence-electron chi connectivity index (χ0n) is 10.4. The molecule has 1 nitrogen and oxygen atoms in total. The van der Waals surface area contributed by atoms with Crippen LogP contribution in [0.4, 0.5) is 32.0 Å². The molecule has 0 bridgehead atoms. The highest BCUT2D eigenvalue weighted by Gasteiger charge is 2.33. The topological polar surface area (TPSA) is 12.0 Å². The second-order valence-corrected chi connectivity index (χ2v) is 4.27. The third-order valence-corrected chi connectivity index (χ3v) is 2.76. The molecule has 0 aromatic heterocycles. The fourth-order valence-corrected chi connectivity index (χ4v) is 1.79. The van der Waals surface area contributed by atoms with E-state index in [9.17, 15) is 26.3 Å².